The van der Waals surface area contributed by atoms with Gasteiger partial charge in [0.15, 0.2) is 12.4 Å². The van der Waals surface area contributed by atoms with E-state index in [2.05, 4.69) is 30.9 Å². The van der Waals surface area contributed by atoms with Gasteiger partial charge in [-0.15, -0.1) is 0 Å². The first-order chi connectivity index (χ1) is 11.8. The quantitative estimate of drug-likeness (QED) is 0.708. The molecule has 2 rings (SSSR count). The number of esters is 1. The highest BCUT2D eigenvalue weighted by Gasteiger charge is 2.16. The average Bonchev–Trinajstić information content (AvgIpc) is 2.59. The van der Waals surface area contributed by atoms with E-state index >= 15 is 0 Å². The van der Waals surface area contributed by atoms with E-state index in [1.807, 2.05) is 0 Å². The molecule has 25 heavy (non-hydrogen) atoms. The van der Waals surface area contributed by atoms with Crippen molar-refractivity contribution in [1.82, 2.24) is 15.0 Å². The summed E-state index contributed by atoms with van der Waals surface area (Å²) in [6.07, 6.45) is 0. The number of ether oxygens (including phenoxy) is 3. The second-order valence-corrected chi connectivity index (χ2v) is 5.87. The number of hydrogen-bond acceptors (Lipinski definition) is 9. The van der Waals surface area contributed by atoms with E-state index < -0.39 is 5.97 Å². The Morgan fingerprint density at radius 2 is 1.76 bits per heavy atom. The Hall–Kier alpha value is -2.62. The van der Waals surface area contributed by atoms with Gasteiger partial charge in [-0.2, -0.15) is 15.0 Å². The zero-order valence-corrected chi connectivity index (χ0v) is 15.8. The van der Waals surface area contributed by atoms with E-state index in [1.165, 1.54) is 14.2 Å². The smallest absolute Gasteiger partial charge is 0.338 e. The normalized spacial score (nSPS) is 10.3. The standard InChI is InChI=1S/C15H18BrN5O4/c1-21(2)15-19-11(18-14(17)20-15)7-25-13(22)8-5-9(23-3)12(16)10(6-8)24-4/h5-6H,7H2,1-4H3,(H2,17,18,19,20). The first-order valence-electron chi connectivity index (χ1n) is 7.12. The third kappa shape index (κ3) is 4.47. The summed E-state index contributed by atoms with van der Waals surface area (Å²) in [5.74, 6) is 1.01. The Labute approximate surface area is 153 Å². The average molecular weight is 412 g/mol. The molecule has 134 valence electrons. The minimum Gasteiger partial charge on any atom is -0.495 e. The van der Waals surface area contributed by atoms with Gasteiger partial charge in [0.25, 0.3) is 0 Å². The third-order valence-corrected chi connectivity index (χ3v) is 3.88. The van der Waals surface area contributed by atoms with Crippen LogP contribution >= 0.6 is 15.9 Å². The molecule has 9 nitrogen and oxygen atoms in total. The van der Waals surface area contributed by atoms with Crippen molar-refractivity contribution in [2.45, 2.75) is 6.61 Å². The summed E-state index contributed by atoms with van der Waals surface area (Å²) in [5, 5.41) is 0. The fourth-order valence-corrected chi connectivity index (χ4v) is 2.44. The second-order valence-electron chi connectivity index (χ2n) is 5.08. The maximum absolute atomic E-state index is 12.3. The Morgan fingerprint density at radius 1 is 1.16 bits per heavy atom. The van der Waals surface area contributed by atoms with Gasteiger partial charge in [-0.3, -0.25) is 0 Å². The molecule has 2 aromatic rings. The van der Waals surface area contributed by atoms with Crippen LogP contribution < -0.4 is 20.1 Å². The van der Waals surface area contributed by atoms with E-state index in [4.69, 9.17) is 19.9 Å². The molecule has 0 saturated carbocycles. The fraction of sp³-hybridized carbons (Fsp3) is 0.333. The number of carbonyl (C=O) groups is 1. The van der Waals surface area contributed by atoms with Crippen LogP contribution in [-0.4, -0.2) is 49.2 Å². The van der Waals surface area contributed by atoms with Crippen molar-refractivity contribution in [3.8, 4) is 11.5 Å². The lowest BCUT2D eigenvalue weighted by Crippen LogP contribution is -2.17. The summed E-state index contributed by atoms with van der Waals surface area (Å²) >= 11 is 3.34. The van der Waals surface area contributed by atoms with Crippen molar-refractivity contribution in [3.63, 3.8) is 0 Å². The molecule has 0 aliphatic rings. The van der Waals surface area contributed by atoms with Gasteiger partial charge in [0.05, 0.1) is 19.8 Å². The molecular weight excluding hydrogens is 394 g/mol. The molecule has 2 N–H and O–H groups in total. The van der Waals surface area contributed by atoms with Gasteiger partial charge >= 0.3 is 5.97 Å². The zero-order chi connectivity index (χ0) is 18.6. The van der Waals surface area contributed by atoms with Crippen molar-refractivity contribution < 1.29 is 19.0 Å². The van der Waals surface area contributed by atoms with E-state index in [0.29, 0.717) is 21.9 Å². The van der Waals surface area contributed by atoms with Crippen LogP contribution in [0.15, 0.2) is 16.6 Å². The molecule has 0 saturated heterocycles. The van der Waals surface area contributed by atoms with Crippen molar-refractivity contribution >= 4 is 33.8 Å². The van der Waals surface area contributed by atoms with E-state index in [0.717, 1.165) is 0 Å². The fourth-order valence-electron chi connectivity index (χ4n) is 1.89. The summed E-state index contributed by atoms with van der Waals surface area (Å²) in [6.45, 7) is -0.146. The van der Waals surface area contributed by atoms with Crippen LogP contribution in [0.3, 0.4) is 0 Å². The molecule has 10 heteroatoms. The Morgan fingerprint density at radius 3 is 2.28 bits per heavy atom. The number of nitrogens with two attached hydrogens (primary N) is 1. The predicted molar refractivity (Wildman–Crippen MR) is 94.9 cm³/mol. The summed E-state index contributed by atoms with van der Waals surface area (Å²) in [5.41, 5.74) is 5.91. The molecule has 0 aliphatic carbocycles. The van der Waals surface area contributed by atoms with Crippen LogP contribution in [-0.2, 0) is 11.3 Å². The van der Waals surface area contributed by atoms with E-state index in [-0.39, 0.29) is 23.9 Å². The molecule has 0 spiro atoms. The van der Waals surface area contributed by atoms with Crippen molar-refractivity contribution in [1.29, 1.82) is 0 Å². The second kappa shape index (κ2) is 7.97. The molecule has 0 amide bonds. The number of carbonyl (C=O) groups excluding carboxylic acids is 1. The largest absolute Gasteiger partial charge is 0.495 e. The number of nitrogens with zero attached hydrogens (tertiary/aromatic N) is 4. The van der Waals surface area contributed by atoms with Crippen LogP contribution in [0.25, 0.3) is 0 Å². The van der Waals surface area contributed by atoms with Crippen LogP contribution in [0, 0.1) is 0 Å². The lowest BCUT2D eigenvalue weighted by Gasteiger charge is -2.12. The highest BCUT2D eigenvalue weighted by atomic mass is 79.9. The van der Waals surface area contributed by atoms with Gasteiger partial charge in [0.1, 0.15) is 16.0 Å². The molecule has 0 unspecified atom stereocenters. The lowest BCUT2D eigenvalue weighted by molar-refractivity contribution is 0.0461. The molecule has 1 aromatic heterocycles. The first-order valence-corrected chi connectivity index (χ1v) is 7.91. The van der Waals surface area contributed by atoms with Crippen LogP contribution in [0.1, 0.15) is 16.2 Å². The van der Waals surface area contributed by atoms with Crippen molar-refractivity contribution in [2.24, 2.45) is 0 Å². The molecule has 0 radical (unpaired) electrons. The number of aromatic nitrogens is 3. The minimum atomic E-state index is -0.575. The monoisotopic (exact) mass is 411 g/mol. The van der Waals surface area contributed by atoms with Crippen molar-refractivity contribution in [3.05, 3.63) is 28.0 Å². The molecule has 0 aliphatic heterocycles. The summed E-state index contributed by atoms with van der Waals surface area (Å²) in [6, 6.07) is 3.09. The predicted octanol–water partition coefficient (Wildman–Crippen LogP) is 1.66. The highest BCUT2D eigenvalue weighted by Crippen LogP contribution is 2.35. The van der Waals surface area contributed by atoms with Crippen LogP contribution in [0.4, 0.5) is 11.9 Å². The van der Waals surface area contributed by atoms with Gasteiger partial charge in [-0.05, 0) is 28.1 Å². The summed E-state index contributed by atoms with van der Waals surface area (Å²) in [4.78, 5) is 26.1. The van der Waals surface area contributed by atoms with Gasteiger partial charge in [0.2, 0.25) is 11.9 Å². The molecule has 0 fully saturated rings. The number of methoxy groups -OCH3 is 2. The third-order valence-electron chi connectivity index (χ3n) is 3.10. The zero-order valence-electron chi connectivity index (χ0n) is 14.2. The van der Waals surface area contributed by atoms with Crippen LogP contribution in [0.5, 0.6) is 11.5 Å². The Kier molecular flexibility index (Phi) is 5.97. The van der Waals surface area contributed by atoms with E-state index in [9.17, 15) is 4.79 Å². The number of halogens is 1. The number of anilines is 2. The van der Waals surface area contributed by atoms with Gasteiger partial charge in [0, 0.05) is 14.1 Å². The summed E-state index contributed by atoms with van der Waals surface area (Å²) in [7, 11) is 6.52. The number of rotatable bonds is 6. The van der Waals surface area contributed by atoms with Crippen molar-refractivity contribution in [2.75, 3.05) is 38.9 Å². The maximum atomic E-state index is 12.3. The van der Waals surface area contributed by atoms with Crippen LogP contribution in [0.2, 0.25) is 0 Å². The van der Waals surface area contributed by atoms with Gasteiger partial charge in [-0.25, -0.2) is 4.79 Å². The number of hydrogen-bond donors (Lipinski definition) is 1. The lowest BCUT2D eigenvalue weighted by atomic mass is 10.2. The topological polar surface area (TPSA) is 113 Å². The molecule has 0 atom stereocenters. The number of benzene rings is 1. The molecule has 0 bridgehead atoms. The first kappa shape index (κ1) is 18.7. The summed E-state index contributed by atoms with van der Waals surface area (Å²) < 4.78 is 16.3. The number of nitrogen functional groups attached to an aromatic ring is 1. The highest BCUT2D eigenvalue weighted by molar-refractivity contribution is 9.10. The maximum Gasteiger partial charge on any atom is 0.338 e. The SMILES string of the molecule is COc1cc(C(=O)OCc2nc(N)nc(N(C)C)n2)cc(OC)c1Br. The molecule has 1 heterocycles. The molecule has 1 aromatic carbocycles. The molecular formula is C15H18BrN5O4. The van der Waals surface area contributed by atoms with Gasteiger partial charge in [-0.1, -0.05) is 0 Å². The van der Waals surface area contributed by atoms with Gasteiger partial charge < -0.3 is 24.8 Å². The Balaban J connectivity index is 2.18. The minimum absolute atomic E-state index is 0.0525. The Bertz CT molecular complexity index is 760. The van der Waals surface area contributed by atoms with E-state index in [1.54, 1.807) is 31.1 Å².